The second-order valence-electron chi connectivity index (χ2n) is 5.44. The van der Waals surface area contributed by atoms with Gasteiger partial charge in [-0.15, -0.1) is 0 Å². The zero-order valence-corrected chi connectivity index (χ0v) is 12.3. The third kappa shape index (κ3) is 2.96. The third-order valence-electron chi connectivity index (χ3n) is 4.02. The van der Waals surface area contributed by atoms with E-state index in [0.717, 1.165) is 5.56 Å². The molecule has 0 aliphatic carbocycles. The van der Waals surface area contributed by atoms with Gasteiger partial charge in [-0.2, -0.15) is 0 Å². The quantitative estimate of drug-likeness (QED) is 0.869. The number of benzene rings is 1. The van der Waals surface area contributed by atoms with Crippen molar-refractivity contribution in [1.82, 2.24) is 5.32 Å². The van der Waals surface area contributed by atoms with Gasteiger partial charge >= 0.3 is 0 Å². The molecule has 0 fully saturated rings. The number of carbonyl (C=O) groups excluding carboxylic acids is 1. The average Bonchev–Trinajstić information content (AvgIpc) is 2.74. The van der Waals surface area contributed by atoms with Crippen LogP contribution in [-0.2, 0) is 0 Å². The lowest BCUT2D eigenvalue weighted by molar-refractivity contribution is 0.0937. The third-order valence-corrected chi connectivity index (χ3v) is 4.02. The number of nitrogens with one attached hydrogen (secondary N) is 1. The lowest BCUT2D eigenvalue weighted by atomic mass is 9.97. The molecule has 0 aromatic heterocycles. The van der Waals surface area contributed by atoms with Gasteiger partial charge in [0.1, 0.15) is 11.9 Å². The molecular weight excluding hydrogens is 254 g/mol. The van der Waals surface area contributed by atoms with Gasteiger partial charge in [0.05, 0.1) is 11.7 Å². The van der Waals surface area contributed by atoms with Crippen LogP contribution in [0.25, 0.3) is 0 Å². The molecule has 1 aliphatic heterocycles. The van der Waals surface area contributed by atoms with Gasteiger partial charge in [0, 0.05) is 18.0 Å². The first kappa shape index (κ1) is 14.9. The van der Waals surface area contributed by atoms with Gasteiger partial charge in [0.15, 0.2) is 0 Å². The number of aliphatic hydroxyl groups is 1. The van der Waals surface area contributed by atoms with Gasteiger partial charge in [-0.25, -0.2) is 0 Å². The SMILES string of the molecule is CCC(O)CCNC(=O)c1cccc2c1OC(C)C2C. The van der Waals surface area contributed by atoms with Crippen LogP contribution in [0.4, 0.5) is 0 Å². The Hall–Kier alpha value is -1.55. The molecule has 4 nitrogen and oxygen atoms in total. The minimum absolute atomic E-state index is 0.0980. The number of hydrogen-bond acceptors (Lipinski definition) is 3. The Bertz CT molecular complexity index is 487. The summed E-state index contributed by atoms with van der Waals surface area (Å²) >= 11 is 0. The molecule has 4 heteroatoms. The van der Waals surface area contributed by atoms with Gasteiger partial charge in [0.25, 0.3) is 5.91 Å². The summed E-state index contributed by atoms with van der Waals surface area (Å²) in [5.41, 5.74) is 1.68. The molecule has 1 amide bonds. The topological polar surface area (TPSA) is 58.6 Å². The van der Waals surface area contributed by atoms with Crippen LogP contribution in [0, 0.1) is 0 Å². The molecule has 0 saturated heterocycles. The zero-order valence-electron chi connectivity index (χ0n) is 12.3. The lowest BCUT2D eigenvalue weighted by Crippen LogP contribution is -2.27. The molecule has 1 aromatic carbocycles. The van der Waals surface area contributed by atoms with Crippen molar-refractivity contribution in [2.24, 2.45) is 0 Å². The van der Waals surface area contributed by atoms with E-state index in [2.05, 4.69) is 12.2 Å². The molecule has 0 saturated carbocycles. The Labute approximate surface area is 120 Å². The highest BCUT2D eigenvalue weighted by Crippen LogP contribution is 2.40. The number of hydrogen-bond donors (Lipinski definition) is 2. The van der Waals surface area contributed by atoms with E-state index in [9.17, 15) is 9.90 Å². The maximum absolute atomic E-state index is 12.2. The first-order valence-electron chi connectivity index (χ1n) is 7.30. The highest BCUT2D eigenvalue weighted by atomic mass is 16.5. The molecule has 1 aromatic rings. The van der Waals surface area contributed by atoms with Crippen molar-refractivity contribution in [2.45, 2.75) is 51.7 Å². The minimum Gasteiger partial charge on any atom is -0.489 e. The summed E-state index contributed by atoms with van der Waals surface area (Å²) in [6, 6.07) is 5.70. The van der Waals surface area contributed by atoms with Crippen molar-refractivity contribution in [1.29, 1.82) is 0 Å². The van der Waals surface area contributed by atoms with Crippen molar-refractivity contribution in [3.8, 4) is 5.75 Å². The molecule has 1 heterocycles. The van der Waals surface area contributed by atoms with Crippen LogP contribution in [0.15, 0.2) is 18.2 Å². The Morgan fingerprint density at radius 2 is 2.20 bits per heavy atom. The number of aliphatic hydroxyl groups excluding tert-OH is 1. The van der Waals surface area contributed by atoms with Crippen LogP contribution in [0.5, 0.6) is 5.75 Å². The highest BCUT2D eigenvalue weighted by molar-refractivity contribution is 5.97. The number of para-hydroxylation sites is 1. The summed E-state index contributed by atoms with van der Waals surface area (Å²) in [7, 11) is 0. The van der Waals surface area contributed by atoms with Gasteiger partial charge in [0.2, 0.25) is 0 Å². The number of rotatable bonds is 5. The van der Waals surface area contributed by atoms with E-state index in [1.807, 2.05) is 26.0 Å². The van der Waals surface area contributed by atoms with Crippen molar-refractivity contribution in [3.63, 3.8) is 0 Å². The van der Waals surface area contributed by atoms with E-state index in [4.69, 9.17) is 4.74 Å². The van der Waals surface area contributed by atoms with Crippen molar-refractivity contribution >= 4 is 5.91 Å². The zero-order chi connectivity index (χ0) is 14.7. The van der Waals surface area contributed by atoms with E-state index in [1.165, 1.54) is 0 Å². The molecule has 2 N–H and O–H groups in total. The van der Waals surface area contributed by atoms with Gasteiger partial charge in [-0.3, -0.25) is 4.79 Å². The molecular formula is C16H23NO3. The van der Waals surface area contributed by atoms with Crippen LogP contribution in [0.2, 0.25) is 0 Å². The predicted molar refractivity (Wildman–Crippen MR) is 78.2 cm³/mol. The maximum atomic E-state index is 12.2. The van der Waals surface area contributed by atoms with E-state index >= 15 is 0 Å². The summed E-state index contributed by atoms with van der Waals surface area (Å²) < 4.78 is 5.81. The van der Waals surface area contributed by atoms with Crippen molar-refractivity contribution in [3.05, 3.63) is 29.3 Å². The fraction of sp³-hybridized carbons (Fsp3) is 0.562. The van der Waals surface area contributed by atoms with Gasteiger partial charge < -0.3 is 15.2 Å². The second kappa shape index (κ2) is 6.27. The smallest absolute Gasteiger partial charge is 0.255 e. The predicted octanol–water partition coefficient (Wildman–Crippen LogP) is 2.46. The Morgan fingerprint density at radius 3 is 2.90 bits per heavy atom. The summed E-state index contributed by atoms with van der Waals surface area (Å²) in [4.78, 5) is 12.2. The standard InChI is InChI=1S/C16H23NO3/c1-4-12(18)8-9-17-16(19)14-7-5-6-13-10(2)11(3)20-15(13)14/h5-7,10-12,18H,4,8-9H2,1-3H3,(H,17,19). The average molecular weight is 277 g/mol. The summed E-state index contributed by atoms with van der Waals surface area (Å²) in [6.07, 6.45) is 1.02. The van der Waals surface area contributed by atoms with E-state index < -0.39 is 0 Å². The molecule has 1 aliphatic rings. The summed E-state index contributed by atoms with van der Waals surface area (Å²) in [6.45, 7) is 6.52. The Kier molecular flexibility index (Phi) is 4.65. The number of ether oxygens (including phenoxy) is 1. The van der Waals surface area contributed by atoms with Crippen LogP contribution >= 0.6 is 0 Å². The van der Waals surface area contributed by atoms with Crippen LogP contribution in [-0.4, -0.2) is 29.8 Å². The minimum atomic E-state index is -0.354. The molecule has 2 rings (SSSR count). The number of fused-ring (bicyclic) bond motifs is 1. The van der Waals surface area contributed by atoms with Gasteiger partial charge in [-0.1, -0.05) is 26.0 Å². The maximum Gasteiger partial charge on any atom is 0.255 e. The van der Waals surface area contributed by atoms with Crippen LogP contribution < -0.4 is 10.1 Å². The van der Waals surface area contributed by atoms with E-state index in [1.54, 1.807) is 6.07 Å². The van der Waals surface area contributed by atoms with E-state index in [-0.39, 0.29) is 18.1 Å². The molecule has 0 spiro atoms. The van der Waals surface area contributed by atoms with Crippen LogP contribution in [0.1, 0.15) is 55.5 Å². The van der Waals surface area contributed by atoms with E-state index in [0.29, 0.717) is 36.6 Å². The summed E-state index contributed by atoms with van der Waals surface area (Å²) in [5.74, 6) is 0.882. The van der Waals surface area contributed by atoms with Crippen molar-refractivity contribution < 1.29 is 14.6 Å². The number of amides is 1. The van der Waals surface area contributed by atoms with Crippen molar-refractivity contribution in [2.75, 3.05) is 6.54 Å². The second-order valence-corrected chi connectivity index (χ2v) is 5.44. The fourth-order valence-electron chi connectivity index (χ4n) is 2.42. The Morgan fingerprint density at radius 1 is 1.45 bits per heavy atom. The fourth-order valence-corrected chi connectivity index (χ4v) is 2.42. The normalized spacial score (nSPS) is 22.0. The first-order chi connectivity index (χ1) is 9.54. The molecule has 20 heavy (non-hydrogen) atoms. The first-order valence-corrected chi connectivity index (χ1v) is 7.30. The molecule has 3 unspecified atom stereocenters. The molecule has 3 atom stereocenters. The Balaban J connectivity index is 2.05. The summed E-state index contributed by atoms with van der Waals surface area (Å²) in [5, 5.41) is 12.3. The van der Waals surface area contributed by atoms with Crippen LogP contribution in [0.3, 0.4) is 0 Å². The highest BCUT2D eigenvalue weighted by Gasteiger charge is 2.30. The van der Waals surface area contributed by atoms with Gasteiger partial charge in [-0.05, 0) is 25.8 Å². The molecule has 110 valence electrons. The number of carbonyl (C=O) groups is 1. The lowest BCUT2D eigenvalue weighted by Gasteiger charge is -2.11. The monoisotopic (exact) mass is 277 g/mol. The largest absolute Gasteiger partial charge is 0.489 e. The molecule has 0 bridgehead atoms. The molecule has 0 radical (unpaired) electrons.